The third kappa shape index (κ3) is 3.80. The summed E-state index contributed by atoms with van der Waals surface area (Å²) in [5.74, 6) is 6.61. The molecule has 2 aromatic rings. The summed E-state index contributed by atoms with van der Waals surface area (Å²) in [6, 6.07) is 12.9. The summed E-state index contributed by atoms with van der Waals surface area (Å²) in [5, 5.41) is 1.20. The van der Waals surface area contributed by atoms with Crippen LogP contribution in [0.25, 0.3) is 10.9 Å². The largest absolute Gasteiger partial charge is 0.271 e. The molecule has 0 amide bonds. The molecule has 1 unspecified atom stereocenters. The highest BCUT2D eigenvalue weighted by atomic mass is 15.2. The molecule has 1 aromatic heterocycles. The maximum absolute atomic E-state index is 5.77. The molecule has 0 radical (unpaired) electrons. The molecule has 3 N–H and O–H groups in total. The van der Waals surface area contributed by atoms with Gasteiger partial charge in [0.05, 0.1) is 5.52 Å². The minimum absolute atomic E-state index is 0.335. The second-order valence-corrected chi connectivity index (χ2v) is 6.30. The maximum Gasteiger partial charge on any atom is 0.0705 e. The third-order valence-corrected chi connectivity index (χ3v) is 4.69. The molecule has 1 atom stereocenters. The van der Waals surface area contributed by atoms with Crippen molar-refractivity contribution in [2.75, 3.05) is 0 Å². The van der Waals surface area contributed by atoms with Gasteiger partial charge in [0, 0.05) is 23.5 Å². The Morgan fingerprint density at radius 1 is 1.10 bits per heavy atom. The van der Waals surface area contributed by atoms with Gasteiger partial charge in [0.2, 0.25) is 0 Å². The van der Waals surface area contributed by atoms with Gasteiger partial charge in [-0.15, -0.1) is 0 Å². The van der Waals surface area contributed by atoms with Gasteiger partial charge in [-0.2, -0.15) is 0 Å². The van der Waals surface area contributed by atoms with E-state index in [4.69, 9.17) is 10.8 Å². The van der Waals surface area contributed by atoms with E-state index in [0.717, 1.165) is 23.5 Å². The Balaban J connectivity index is 1.66. The number of hydrazine groups is 1. The summed E-state index contributed by atoms with van der Waals surface area (Å²) < 4.78 is 0. The molecule has 112 valence electrons. The summed E-state index contributed by atoms with van der Waals surface area (Å²) >= 11 is 0. The number of fused-ring (bicyclic) bond motifs is 1. The number of nitrogens with one attached hydrogen (secondary N) is 1. The molecule has 1 heterocycles. The first-order valence-corrected chi connectivity index (χ1v) is 8.16. The van der Waals surface area contributed by atoms with Crippen LogP contribution in [-0.4, -0.2) is 11.0 Å². The Bertz CT molecular complexity index is 575. The van der Waals surface area contributed by atoms with Crippen LogP contribution in [0.2, 0.25) is 0 Å². The molecule has 1 saturated carbocycles. The third-order valence-electron chi connectivity index (χ3n) is 4.69. The Kier molecular flexibility index (Phi) is 4.84. The van der Waals surface area contributed by atoms with E-state index < -0.39 is 0 Å². The molecule has 1 aliphatic rings. The Morgan fingerprint density at radius 2 is 1.90 bits per heavy atom. The van der Waals surface area contributed by atoms with Crippen LogP contribution < -0.4 is 11.3 Å². The van der Waals surface area contributed by atoms with Gasteiger partial charge < -0.3 is 0 Å². The topological polar surface area (TPSA) is 50.9 Å². The number of pyridine rings is 1. The van der Waals surface area contributed by atoms with E-state index in [2.05, 4.69) is 35.8 Å². The minimum Gasteiger partial charge on any atom is -0.271 e. The monoisotopic (exact) mass is 283 g/mol. The first kappa shape index (κ1) is 14.5. The Hall–Kier alpha value is -1.45. The molecular formula is C18H25N3. The smallest absolute Gasteiger partial charge is 0.0705 e. The maximum atomic E-state index is 5.77. The molecule has 1 fully saturated rings. The number of nitrogens with zero attached hydrogens (tertiary/aromatic N) is 1. The highest BCUT2D eigenvalue weighted by molar-refractivity contribution is 5.78. The number of nitrogens with two attached hydrogens (primary N) is 1. The zero-order chi connectivity index (χ0) is 14.5. The van der Waals surface area contributed by atoms with E-state index in [0.29, 0.717) is 6.04 Å². The van der Waals surface area contributed by atoms with Crippen molar-refractivity contribution in [3.8, 4) is 0 Å². The van der Waals surface area contributed by atoms with Gasteiger partial charge >= 0.3 is 0 Å². The molecule has 1 aromatic carbocycles. The van der Waals surface area contributed by atoms with Crippen molar-refractivity contribution in [1.29, 1.82) is 0 Å². The standard InChI is InChI=1S/C18H25N3/c19-21-17(12-14-6-2-1-3-7-14)13-16-11-10-15-8-4-5-9-18(15)20-16/h4-5,8-11,14,17,21H,1-3,6-7,12-13,19H2. The molecular weight excluding hydrogens is 258 g/mol. The van der Waals surface area contributed by atoms with Crippen LogP contribution in [0, 0.1) is 5.92 Å². The Labute approximate surface area is 126 Å². The van der Waals surface area contributed by atoms with Crippen molar-refractivity contribution in [3.63, 3.8) is 0 Å². The zero-order valence-electron chi connectivity index (χ0n) is 12.6. The van der Waals surface area contributed by atoms with Crippen molar-refractivity contribution in [1.82, 2.24) is 10.4 Å². The normalized spacial score (nSPS) is 18.0. The van der Waals surface area contributed by atoms with E-state index in [1.54, 1.807) is 0 Å². The summed E-state index contributed by atoms with van der Waals surface area (Å²) in [6.45, 7) is 0. The summed E-state index contributed by atoms with van der Waals surface area (Å²) in [6.07, 6.45) is 8.99. The van der Waals surface area contributed by atoms with Crippen LogP contribution in [-0.2, 0) is 6.42 Å². The van der Waals surface area contributed by atoms with Gasteiger partial charge in [-0.05, 0) is 24.5 Å². The zero-order valence-corrected chi connectivity index (χ0v) is 12.6. The van der Waals surface area contributed by atoms with Gasteiger partial charge in [-0.25, -0.2) is 0 Å². The van der Waals surface area contributed by atoms with Crippen molar-refractivity contribution < 1.29 is 0 Å². The van der Waals surface area contributed by atoms with Crippen molar-refractivity contribution in [3.05, 3.63) is 42.1 Å². The SMILES string of the molecule is NNC(Cc1ccc2ccccc2n1)CC1CCCCC1. The predicted molar refractivity (Wildman–Crippen MR) is 87.8 cm³/mol. The van der Waals surface area contributed by atoms with Gasteiger partial charge in [-0.3, -0.25) is 16.3 Å². The lowest BCUT2D eigenvalue weighted by molar-refractivity contribution is 0.297. The molecule has 0 aliphatic heterocycles. The van der Waals surface area contributed by atoms with Crippen molar-refractivity contribution >= 4 is 10.9 Å². The van der Waals surface area contributed by atoms with Gasteiger partial charge in [0.25, 0.3) is 0 Å². The van der Waals surface area contributed by atoms with E-state index >= 15 is 0 Å². The van der Waals surface area contributed by atoms with Crippen molar-refractivity contribution in [2.45, 2.75) is 51.0 Å². The first-order chi connectivity index (χ1) is 10.3. The number of benzene rings is 1. The van der Waals surface area contributed by atoms with Crippen LogP contribution in [0.3, 0.4) is 0 Å². The fourth-order valence-corrected chi connectivity index (χ4v) is 3.51. The Morgan fingerprint density at radius 3 is 2.71 bits per heavy atom. The van der Waals surface area contributed by atoms with Gasteiger partial charge in [0.15, 0.2) is 0 Å². The number of hydrogen-bond donors (Lipinski definition) is 2. The van der Waals surface area contributed by atoms with Crippen LogP contribution in [0.15, 0.2) is 36.4 Å². The fraction of sp³-hybridized carbons (Fsp3) is 0.500. The van der Waals surface area contributed by atoms with E-state index in [-0.39, 0.29) is 0 Å². The first-order valence-electron chi connectivity index (χ1n) is 8.16. The minimum atomic E-state index is 0.335. The molecule has 3 nitrogen and oxygen atoms in total. The lowest BCUT2D eigenvalue weighted by Gasteiger charge is -2.26. The van der Waals surface area contributed by atoms with E-state index in [1.807, 2.05) is 6.07 Å². The van der Waals surface area contributed by atoms with Crippen LogP contribution in [0.5, 0.6) is 0 Å². The number of aromatic nitrogens is 1. The lowest BCUT2D eigenvalue weighted by atomic mass is 9.84. The average Bonchev–Trinajstić information content (AvgIpc) is 2.55. The van der Waals surface area contributed by atoms with E-state index in [9.17, 15) is 0 Å². The number of hydrogen-bond acceptors (Lipinski definition) is 3. The second-order valence-electron chi connectivity index (χ2n) is 6.30. The van der Waals surface area contributed by atoms with Crippen molar-refractivity contribution in [2.24, 2.45) is 11.8 Å². The van der Waals surface area contributed by atoms with Gasteiger partial charge in [0.1, 0.15) is 0 Å². The highest BCUT2D eigenvalue weighted by Crippen LogP contribution is 2.28. The summed E-state index contributed by atoms with van der Waals surface area (Å²) in [4.78, 5) is 4.76. The number of para-hydroxylation sites is 1. The van der Waals surface area contributed by atoms with E-state index in [1.165, 1.54) is 43.9 Å². The average molecular weight is 283 g/mol. The lowest BCUT2D eigenvalue weighted by Crippen LogP contribution is -2.38. The summed E-state index contributed by atoms with van der Waals surface area (Å²) in [7, 11) is 0. The van der Waals surface area contributed by atoms with Crippen LogP contribution in [0.1, 0.15) is 44.2 Å². The quantitative estimate of drug-likeness (QED) is 0.651. The van der Waals surface area contributed by atoms with Gasteiger partial charge in [-0.1, -0.05) is 56.4 Å². The highest BCUT2D eigenvalue weighted by Gasteiger charge is 2.19. The van der Waals surface area contributed by atoms with Crippen LogP contribution >= 0.6 is 0 Å². The molecule has 0 spiro atoms. The molecule has 3 heteroatoms. The predicted octanol–water partition coefficient (Wildman–Crippen LogP) is 3.58. The molecule has 0 bridgehead atoms. The second kappa shape index (κ2) is 7.01. The molecule has 21 heavy (non-hydrogen) atoms. The fourth-order valence-electron chi connectivity index (χ4n) is 3.51. The molecule has 0 saturated heterocycles. The number of rotatable bonds is 5. The molecule has 3 rings (SSSR count). The molecule has 1 aliphatic carbocycles. The summed E-state index contributed by atoms with van der Waals surface area (Å²) in [5.41, 5.74) is 5.21. The van der Waals surface area contributed by atoms with Crippen LogP contribution in [0.4, 0.5) is 0 Å².